The molecule has 4 nitrogen and oxygen atoms in total. The van der Waals surface area contributed by atoms with Crippen molar-refractivity contribution in [3.05, 3.63) is 35.9 Å². The number of nitriles is 1. The third-order valence-electron chi connectivity index (χ3n) is 3.51. The Morgan fingerprint density at radius 1 is 1.26 bits per heavy atom. The molecule has 0 bridgehead atoms. The van der Waals surface area contributed by atoms with Crippen LogP contribution in [0.25, 0.3) is 11.3 Å². The van der Waals surface area contributed by atoms with Crippen LogP contribution in [0, 0.1) is 17.2 Å². The van der Waals surface area contributed by atoms with E-state index in [4.69, 9.17) is 0 Å². The highest BCUT2D eigenvalue weighted by Crippen LogP contribution is 2.32. The Labute approximate surface area is 141 Å². The molecule has 0 atom stereocenters. The molecule has 1 heterocycles. The molecular formula is C18H20N4S. The van der Waals surface area contributed by atoms with Crippen molar-refractivity contribution >= 4 is 17.6 Å². The summed E-state index contributed by atoms with van der Waals surface area (Å²) in [4.78, 5) is 9.26. The SMILES string of the molecule is CC(C)CSc1nc(NC2CC2)c(C#N)c(-c2ccccc2)n1. The van der Waals surface area contributed by atoms with E-state index in [-0.39, 0.29) is 0 Å². The number of anilines is 1. The topological polar surface area (TPSA) is 61.6 Å². The largest absolute Gasteiger partial charge is 0.366 e. The average molecular weight is 324 g/mol. The lowest BCUT2D eigenvalue weighted by Gasteiger charge is -2.13. The van der Waals surface area contributed by atoms with Gasteiger partial charge in [-0.15, -0.1) is 0 Å². The molecule has 1 fully saturated rings. The normalized spacial score (nSPS) is 13.8. The highest BCUT2D eigenvalue weighted by Gasteiger charge is 2.25. The maximum Gasteiger partial charge on any atom is 0.190 e. The van der Waals surface area contributed by atoms with Gasteiger partial charge >= 0.3 is 0 Å². The molecule has 0 spiro atoms. The first-order valence-electron chi connectivity index (χ1n) is 7.94. The van der Waals surface area contributed by atoms with Crippen molar-refractivity contribution in [2.24, 2.45) is 5.92 Å². The van der Waals surface area contributed by atoms with E-state index in [0.717, 1.165) is 35.0 Å². The van der Waals surface area contributed by atoms with Gasteiger partial charge in [0, 0.05) is 17.4 Å². The van der Waals surface area contributed by atoms with Crippen LogP contribution in [0.15, 0.2) is 35.5 Å². The van der Waals surface area contributed by atoms with Crippen LogP contribution in [0.5, 0.6) is 0 Å². The Hall–Kier alpha value is -2.06. The first kappa shape index (κ1) is 15.8. The average Bonchev–Trinajstić information content (AvgIpc) is 3.37. The van der Waals surface area contributed by atoms with Crippen molar-refractivity contribution in [2.45, 2.75) is 37.9 Å². The highest BCUT2D eigenvalue weighted by molar-refractivity contribution is 7.99. The highest BCUT2D eigenvalue weighted by atomic mass is 32.2. The minimum atomic E-state index is 0.448. The smallest absolute Gasteiger partial charge is 0.190 e. The summed E-state index contributed by atoms with van der Waals surface area (Å²) in [6.07, 6.45) is 2.29. The molecule has 1 saturated carbocycles. The zero-order valence-corrected chi connectivity index (χ0v) is 14.2. The van der Waals surface area contributed by atoms with Crippen LogP contribution >= 0.6 is 11.8 Å². The Bertz CT molecular complexity index is 718. The number of benzene rings is 1. The van der Waals surface area contributed by atoms with Gasteiger partial charge in [-0.1, -0.05) is 55.9 Å². The number of nitrogens with one attached hydrogen (secondary N) is 1. The van der Waals surface area contributed by atoms with Gasteiger partial charge < -0.3 is 5.32 Å². The fourth-order valence-corrected chi connectivity index (χ4v) is 2.98. The molecule has 0 amide bonds. The van der Waals surface area contributed by atoms with Crippen LogP contribution in [-0.2, 0) is 0 Å². The van der Waals surface area contributed by atoms with E-state index < -0.39 is 0 Å². The molecule has 118 valence electrons. The van der Waals surface area contributed by atoms with Crippen LogP contribution in [0.2, 0.25) is 0 Å². The summed E-state index contributed by atoms with van der Waals surface area (Å²) in [5.41, 5.74) is 2.21. The third-order valence-corrected chi connectivity index (χ3v) is 4.79. The first-order chi connectivity index (χ1) is 11.2. The van der Waals surface area contributed by atoms with E-state index in [2.05, 4.69) is 35.2 Å². The Morgan fingerprint density at radius 3 is 2.61 bits per heavy atom. The fraction of sp³-hybridized carbons (Fsp3) is 0.389. The summed E-state index contributed by atoms with van der Waals surface area (Å²) in [5.74, 6) is 2.21. The zero-order valence-electron chi connectivity index (χ0n) is 13.4. The van der Waals surface area contributed by atoms with Crippen LogP contribution in [0.1, 0.15) is 32.3 Å². The second-order valence-electron chi connectivity index (χ2n) is 6.18. The molecule has 23 heavy (non-hydrogen) atoms. The molecule has 2 aromatic rings. The molecule has 0 radical (unpaired) electrons. The third kappa shape index (κ3) is 4.02. The van der Waals surface area contributed by atoms with Crippen molar-refractivity contribution < 1.29 is 0 Å². The standard InChI is InChI=1S/C18H20N4S/c1-12(2)11-23-18-21-16(13-6-4-3-5-7-13)15(10-19)17(22-18)20-14-8-9-14/h3-7,12,14H,8-9,11H2,1-2H3,(H,20,21,22). The second-order valence-corrected chi connectivity index (χ2v) is 7.17. The molecule has 0 saturated heterocycles. The van der Waals surface area contributed by atoms with Gasteiger partial charge in [-0.3, -0.25) is 0 Å². The summed E-state index contributed by atoms with van der Waals surface area (Å²) in [5, 5.41) is 13.7. The summed E-state index contributed by atoms with van der Waals surface area (Å²) < 4.78 is 0. The number of thioether (sulfide) groups is 1. The summed E-state index contributed by atoms with van der Waals surface area (Å²) in [6.45, 7) is 4.36. The fourth-order valence-electron chi connectivity index (χ4n) is 2.18. The maximum atomic E-state index is 9.63. The first-order valence-corrected chi connectivity index (χ1v) is 8.93. The van der Waals surface area contributed by atoms with Gasteiger partial charge in [0.2, 0.25) is 0 Å². The predicted molar refractivity (Wildman–Crippen MR) is 94.4 cm³/mol. The number of aromatic nitrogens is 2. The summed E-state index contributed by atoms with van der Waals surface area (Å²) >= 11 is 1.65. The van der Waals surface area contributed by atoms with Gasteiger partial charge in [0.05, 0.1) is 5.69 Å². The summed E-state index contributed by atoms with van der Waals surface area (Å²) in [6, 6.07) is 12.6. The van der Waals surface area contributed by atoms with Gasteiger partial charge in [0.25, 0.3) is 0 Å². The Kier molecular flexibility index (Phi) is 4.82. The van der Waals surface area contributed by atoms with Crippen LogP contribution in [-0.4, -0.2) is 21.8 Å². The minimum Gasteiger partial charge on any atom is -0.366 e. The molecule has 3 rings (SSSR count). The predicted octanol–water partition coefficient (Wildman–Crippen LogP) is 4.34. The van der Waals surface area contributed by atoms with Gasteiger partial charge in [-0.25, -0.2) is 9.97 Å². The van der Waals surface area contributed by atoms with Crippen LogP contribution in [0.4, 0.5) is 5.82 Å². The van der Waals surface area contributed by atoms with Gasteiger partial charge in [0.1, 0.15) is 17.5 Å². The molecule has 1 aliphatic rings. The lowest BCUT2D eigenvalue weighted by Crippen LogP contribution is -2.09. The molecule has 1 N–H and O–H groups in total. The molecule has 0 aliphatic heterocycles. The molecule has 5 heteroatoms. The quantitative estimate of drug-likeness (QED) is 0.632. The van der Waals surface area contributed by atoms with E-state index in [0.29, 0.717) is 23.3 Å². The van der Waals surface area contributed by atoms with Crippen molar-refractivity contribution in [3.8, 4) is 17.3 Å². The molecular weight excluding hydrogens is 304 g/mol. The molecule has 1 aromatic carbocycles. The maximum absolute atomic E-state index is 9.63. The number of hydrogen-bond acceptors (Lipinski definition) is 5. The van der Waals surface area contributed by atoms with Crippen LogP contribution < -0.4 is 5.32 Å². The second kappa shape index (κ2) is 7.01. The lowest BCUT2D eigenvalue weighted by molar-refractivity contribution is 0.748. The molecule has 0 unspecified atom stereocenters. The van der Waals surface area contributed by atoms with E-state index in [1.165, 1.54) is 0 Å². The van der Waals surface area contributed by atoms with Gasteiger partial charge in [-0.2, -0.15) is 5.26 Å². The van der Waals surface area contributed by atoms with Gasteiger partial charge in [0.15, 0.2) is 5.16 Å². The number of rotatable bonds is 6. The Morgan fingerprint density at radius 2 is 2.00 bits per heavy atom. The lowest BCUT2D eigenvalue weighted by atomic mass is 10.1. The monoisotopic (exact) mass is 324 g/mol. The molecule has 1 aliphatic carbocycles. The van der Waals surface area contributed by atoms with Crippen molar-refractivity contribution in [1.29, 1.82) is 5.26 Å². The van der Waals surface area contributed by atoms with Crippen LogP contribution in [0.3, 0.4) is 0 Å². The molecule has 1 aromatic heterocycles. The van der Waals surface area contributed by atoms with E-state index >= 15 is 0 Å². The van der Waals surface area contributed by atoms with E-state index in [9.17, 15) is 5.26 Å². The number of hydrogen-bond donors (Lipinski definition) is 1. The van der Waals surface area contributed by atoms with E-state index in [1.54, 1.807) is 11.8 Å². The Balaban J connectivity index is 2.03. The minimum absolute atomic E-state index is 0.448. The van der Waals surface area contributed by atoms with Crippen molar-refractivity contribution in [1.82, 2.24) is 9.97 Å². The zero-order chi connectivity index (χ0) is 16.2. The van der Waals surface area contributed by atoms with Crippen molar-refractivity contribution in [3.63, 3.8) is 0 Å². The van der Waals surface area contributed by atoms with Crippen molar-refractivity contribution in [2.75, 3.05) is 11.1 Å². The summed E-state index contributed by atoms with van der Waals surface area (Å²) in [7, 11) is 0. The number of nitrogens with zero attached hydrogens (tertiary/aromatic N) is 3. The van der Waals surface area contributed by atoms with Gasteiger partial charge in [-0.05, 0) is 18.8 Å². The van der Waals surface area contributed by atoms with E-state index in [1.807, 2.05) is 30.3 Å².